The number of hydrogen-bond donors (Lipinski definition) is 3. The van der Waals surface area contributed by atoms with E-state index in [4.69, 9.17) is 4.74 Å². The molecule has 31 heavy (non-hydrogen) atoms. The zero-order valence-electron chi connectivity index (χ0n) is 19.0. The first-order chi connectivity index (χ1) is 14.6. The highest BCUT2D eigenvalue weighted by Crippen LogP contribution is 2.27. The molecule has 0 saturated heterocycles. The van der Waals surface area contributed by atoms with Crippen molar-refractivity contribution in [2.45, 2.75) is 84.0 Å². The lowest BCUT2D eigenvalue weighted by Crippen LogP contribution is -2.43. The lowest BCUT2D eigenvalue weighted by atomic mass is 9.91. The highest BCUT2D eigenvalue weighted by Gasteiger charge is 2.25. The number of amides is 1. The number of anilines is 2. The van der Waals surface area contributed by atoms with E-state index in [0.29, 0.717) is 11.5 Å². The number of carbonyl (C=O) groups excluding carboxylic acids is 1. The topological polar surface area (TPSA) is 112 Å². The van der Waals surface area contributed by atoms with Crippen LogP contribution in [0.3, 0.4) is 0 Å². The van der Waals surface area contributed by atoms with Gasteiger partial charge in [-0.25, -0.2) is 14.8 Å². The Morgan fingerprint density at radius 2 is 2.00 bits per heavy atom. The molecule has 0 radical (unpaired) electrons. The van der Waals surface area contributed by atoms with Gasteiger partial charge in [-0.2, -0.15) is 5.26 Å². The summed E-state index contributed by atoms with van der Waals surface area (Å²) >= 11 is 0. The van der Waals surface area contributed by atoms with E-state index in [0.717, 1.165) is 42.3 Å². The van der Waals surface area contributed by atoms with Crippen molar-refractivity contribution in [2.75, 3.05) is 10.6 Å². The summed E-state index contributed by atoms with van der Waals surface area (Å²) in [5, 5.41) is 20.9. The lowest BCUT2D eigenvalue weighted by Gasteiger charge is -2.31. The molecule has 3 rings (SSSR count). The van der Waals surface area contributed by atoms with Crippen molar-refractivity contribution < 1.29 is 9.53 Å². The second kappa shape index (κ2) is 9.38. The van der Waals surface area contributed by atoms with Crippen LogP contribution in [0.2, 0.25) is 0 Å². The number of pyridine rings is 2. The summed E-state index contributed by atoms with van der Waals surface area (Å²) in [6.07, 6.45) is 5.16. The van der Waals surface area contributed by atoms with E-state index in [2.05, 4.69) is 32.0 Å². The van der Waals surface area contributed by atoms with Gasteiger partial charge in [-0.3, -0.25) is 0 Å². The Bertz CT molecular complexity index is 976. The Hall–Kier alpha value is -3.08. The second-order valence-electron chi connectivity index (χ2n) is 9.41. The van der Waals surface area contributed by atoms with Gasteiger partial charge in [-0.15, -0.1) is 0 Å². The molecule has 0 aromatic carbocycles. The Labute approximate surface area is 183 Å². The molecular formula is C23H32N6O2. The van der Waals surface area contributed by atoms with E-state index in [1.54, 1.807) is 12.3 Å². The molecule has 166 valence electrons. The maximum absolute atomic E-state index is 12.1. The highest BCUT2D eigenvalue weighted by molar-refractivity contribution is 5.93. The predicted octanol–water partition coefficient (Wildman–Crippen LogP) is 4.57. The largest absolute Gasteiger partial charge is 0.444 e. The van der Waals surface area contributed by atoms with Gasteiger partial charge in [-0.05, 0) is 72.4 Å². The van der Waals surface area contributed by atoms with Gasteiger partial charge in [0.25, 0.3) is 0 Å². The van der Waals surface area contributed by atoms with E-state index < -0.39 is 5.60 Å². The molecule has 0 spiro atoms. The maximum atomic E-state index is 12.1. The van der Waals surface area contributed by atoms with E-state index in [1.807, 2.05) is 40.7 Å². The van der Waals surface area contributed by atoms with Crippen LogP contribution >= 0.6 is 0 Å². The van der Waals surface area contributed by atoms with E-state index in [9.17, 15) is 10.1 Å². The van der Waals surface area contributed by atoms with Crippen molar-refractivity contribution in [3.8, 4) is 6.07 Å². The monoisotopic (exact) mass is 424 g/mol. The Morgan fingerprint density at radius 1 is 1.26 bits per heavy atom. The molecule has 2 aromatic rings. The summed E-state index contributed by atoms with van der Waals surface area (Å²) in [5.41, 5.74) is -0.145. The van der Waals surface area contributed by atoms with E-state index in [1.165, 1.54) is 0 Å². The first-order valence-electron chi connectivity index (χ1n) is 10.9. The van der Waals surface area contributed by atoms with Gasteiger partial charge < -0.3 is 20.7 Å². The lowest BCUT2D eigenvalue weighted by molar-refractivity contribution is 0.0492. The number of nitrogens with zero attached hydrogens (tertiary/aromatic N) is 3. The molecule has 8 nitrogen and oxygen atoms in total. The number of fused-ring (bicyclic) bond motifs is 1. The van der Waals surface area contributed by atoms with Gasteiger partial charge in [-0.1, -0.05) is 0 Å². The minimum Gasteiger partial charge on any atom is -0.444 e. The normalized spacial score (nSPS) is 19.0. The number of aromatic nitrogens is 2. The van der Waals surface area contributed by atoms with Crippen LogP contribution in [-0.4, -0.2) is 39.8 Å². The summed E-state index contributed by atoms with van der Waals surface area (Å²) in [6.45, 7) is 9.65. The zero-order chi connectivity index (χ0) is 22.6. The summed E-state index contributed by atoms with van der Waals surface area (Å²) in [4.78, 5) is 21.1. The van der Waals surface area contributed by atoms with Crippen molar-refractivity contribution in [3.63, 3.8) is 0 Å². The molecule has 0 bridgehead atoms. The third kappa shape index (κ3) is 6.45. The van der Waals surface area contributed by atoms with Crippen LogP contribution in [0, 0.1) is 11.3 Å². The minimum absolute atomic E-state index is 0.0691. The van der Waals surface area contributed by atoms with Gasteiger partial charge in [0.05, 0.1) is 0 Å². The number of nitriles is 1. The van der Waals surface area contributed by atoms with E-state index in [-0.39, 0.29) is 24.2 Å². The minimum atomic E-state index is -0.507. The highest BCUT2D eigenvalue weighted by atomic mass is 16.6. The van der Waals surface area contributed by atoms with Crippen LogP contribution < -0.4 is 16.0 Å². The molecule has 1 aliphatic carbocycles. The summed E-state index contributed by atoms with van der Waals surface area (Å²) in [6, 6.07) is 6.29. The van der Waals surface area contributed by atoms with E-state index >= 15 is 0 Å². The van der Waals surface area contributed by atoms with Gasteiger partial charge in [0.2, 0.25) is 0 Å². The summed E-state index contributed by atoms with van der Waals surface area (Å²) < 4.78 is 5.39. The molecule has 8 heteroatoms. The third-order valence-electron chi connectivity index (χ3n) is 5.00. The smallest absolute Gasteiger partial charge is 0.407 e. The average molecular weight is 425 g/mol. The fourth-order valence-electron chi connectivity index (χ4n) is 3.80. The molecule has 3 N–H and O–H groups in total. The molecule has 0 unspecified atom stereocenters. The van der Waals surface area contributed by atoms with Crippen molar-refractivity contribution in [3.05, 3.63) is 24.0 Å². The summed E-state index contributed by atoms with van der Waals surface area (Å²) in [5.74, 6) is 1.44. The van der Waals surface area contributed by atoms with Crippen LogP contribution in [-0.2, 0) is 4.74 Å². The Kier molecular flexibility index (Phi) is 6.84. The number of ether oxygens (including phenoxy) is 1. The third-order valence-corrected chi connectivity index (χ3v) is 5.00. The molecule has 1 aliphatic rings. The molecule has 0 aliphatic heterocycles. The predicted molar refractivity (Wildman–Crippen MR) is 122 cm³/mol. The maximum Gasteiger partial charge on any atom is 0.407 e. The molecule has 1 saturated carbocycles. The van der Waals surface area contributed by atoms with Crippen molar-refractivity contribution in [2.24, 2.45) is 0 Å². The quantitative estimate of drug-likeness (QED) is 0.644. The molecule has 2 heterocycles. The molecular weight excluding hydrogens is 392 g/mol. The van der Waals surface area contributed by atoms with Crippen LogP contribution in [0.15, 0.2) is 18.3 Å². The van der Waals surface area contributed by atoms with Crippen LogP contribution in [0.4, 0.5) is 16.4 Å². The number of nitrogens with one attached hydrogen (secondary N) is 3. The second-order valence-corrected chi connectivity index (χ2v) is 9.41. The number of alkyl carbamates (subject to hydrolysis) is 1. The van der Waals surface area contributed by atoms with Gasteiger partial charge >= 0.3 is 6.09 Å². The zero-order valence-corrected chi connectivity index (χ0v) is 19.0. The SMILES string of the molecule is CC(C)Nc1nc(C#N)cc2cnc(N[C@H]3CCC[C@@H](NC(=O)OC(C)(C)C)C3)cc12. The van der Waals surface area contributed by atoms with Gasteiger partial charge in [0.15, 0.2) is 0 Å². The number of carbonyl (C=O) groups is 1. The van der Waals surface area contributed by atoms with Crippen LogP contribution in [0.25, 0.3) is 10.8 Å². The van der Waals surface area contributed by atoms with Gasteiger partial charge in [0.1, 0.15) is 29.0 Å². The molecule has 2 aromatic heterocycles. The van der Waals surface area contributed by atoms with Crippen LogP contribution in [0.5, 0.6) is 0 Å². The molecule has 1 fully saturated rings. The van der Waals surface area contributed by atoms with Gasteiger partial charge in [0, 0.05) is 35.1 Å². The van der Waals surface area contributed by atoms with Crippen molar-refractivity contribution in [1.82, 2.24) is 15.3 Å². The summed E-state index contributed by atoms with van der Waals surface area (Å²) in [7, 11) is 0. The fraction of sp³-hybridized carbons (Fsp3) is 0.565. The number of hydrogen-bond acceptors (Lipinski definition) is 7. The number of rotatable bonds is 5. The Morgan fingerprint density at radius 3 is 2.68 bits per heavy atom. The Balaban J connectivity index is 1.72. The van der Waals surface area contributed by atoms with Crippen molar-refractivity contribution >= 4 is 28.5 Å². The molecule has 1 amide bonds. The fourth-order valence-corrected chi connectivity index (χ4v) is 3.80. The van der Waals surface area contributed by atoms with Crippen molar-refractivity contribution in [1.29, 1.82) is 5.26 Å². The standard InChI is InChI=1S/C23H32N6O2/c1-14(2)26-21-19-11-20(25-13-15(19)9-18(12-24)28-21)27-16-7-6-8-17(10-16)29-22(30)31-23(3,4)5/h9,11,13-14,16-17H,6-8,10H2,1-5H3,(H,25,27)(H,26,28)(H,29,30)/t16-,17+/m0/s1. The average Bonchev–Trinajstić information content (AvgIpc) is 2.66. The molecule has 2 atom stereocenters. The first-order valence-corrected chi connectivity index (χ1v) is 10.9. The first kappa shape index (κ1) is 22.6. The van der Waals surface area contributed by atoms with Crippen LogP contribution in [0.1, 0.15) is 66.0 Å².